The molecule has 0 amide bonds. The van der Waals surface area contributed by atoms with E-state index in [-0.39, 0.29) is 5.78 Å². The van der Waals surface area contributed by atoms with E-state index in [9.17, 15) is 4.79 Å². The second-order valence-corrected chi connectivity index (χ2v) is 4.41. The van der Waals surface area contributed by atoms with Crippen LogP contribution in [-0.2, 0) is 17.8 Å². The molecular weight excluding hydrogens is 202 g/mol. The molecule has 16 heavy (non-hydrogen) atoms. The third-order valence-electron chi connectivity index (χ3n) is 2.75. The number of rotatable bonds is 2. The fourth-order valence-corrected chi connectivity index (χ4v) is 1.98. The van der Waals surface area contributed by atoms with Crippen molar-refractivity contribution in [2.75, 3.05) is 20.2 Å². The van der Waals surface area contributed by atoms with Crippen LogP contribution in [-0.4, -0.2) is 30.9 Å². The zero-order chi connectivity index (χ0) is 11.5. The van der Waals surface area contributed by atoms with Crippen LogP contribution >= 0.6 is 0 Å². The van der Waals surface area contributed by atoms with Crippen molar-refractivity contribution in [3.8, 4) is 5.75 Å². The van der Waals surface area contributed by atoms with Crippen LogP contribution in [0.1, 0.15) is 18.1 Å². The average molecular weight is 219 g/mol. The lowest BCUT2D eigenvalue weighted by Gasteiger charge is -2.12. The van der Waals surface area contributed by atoms with E-state index in [0.717, 1.165) is 31.0 Å². The molecule has 1 aliphatic heterocycles. The van der Waals surface area contributed by atoms with Crippen LogP contribution in [0.2, 0.25) is 0 Å². The summed E-state index contributed by atoms with van der Waals surface area (Å²) >= 11 is 0. The Morgan fingerprint density at radius 1 is 1.50 bits per heavy atom. The van der Waals surface area contributed by atoms with Gasteiger partial charge >= 0.3 is 0 Å². The molecule has 0 bridgehead atoms. The van der Waals surface area contributed by atoms with Gasteiger partial charge in [0, 0.05) is 25.1 Å². The molecule has 1 aromatic rings. The van der Waals surface area contributed by atoms with Crippen LogP contribution in [0.3, 0.4) is 0 Å². The second kappa shape index (κ2) is 4.66. The zero-order valence-corrected chi connectivity index (χ0v) is 9.82. The summed E-state index contributed by atoms with van der Waals surface area (Å²) in [4.78, 5) is 13.3. The van der Waals surface area contributed by atoms with Gasteiger partial charge in [0.2, 0.25) is 0 Å². The van der Waals surface area contributed by atoms with Gasteiger partial charge in [-0.25, -0.2) is 0 Å². The molecule has 0 saturated heterocycles. The van der Waals surface area contributed by atoms with Gasteiger partial charge in [-0.05, 0) is 25.6 Å². The summed E-state index contributed by atoms with van der Waals surface area (Å²) in [5, 5.41) is 0. The molecule has 0 N–H and O–H groups in total. The van der Waals surface area contributed by atoms with Gasteiger partial charge in [0.15, 0.2) is 0 Å². The van der Waals surface area contributed by atoms with Gasteiger partial charge in [-0.3, -0.25) is 9.69 Å². The molecule has 2 rings (SSSR count). The first kappa shape index (κ1) is 11.1. The molecule has 0 atom stereocenters. The lowest BCUT2D eigenvalue weighted by Crippen LogP contribution is -2.20. The number of hydrogen-bond donors (Lipinski definition) is 0. The SMILES string of the molecule is CC(=O)Cc1ccc2c(c1)CN(C)CCO2. The van der Waals surface area contributed by atoms with Gasteiger partial charge < -0.3 is 4.74 Å². The number of nitrogens with zero attached hydrogens (tertiary/aromatic N) is 1. The van der Waals surface area contributed by atoms with E-state index in [4.69, 9.17) is 4.74 Å². The van der Waals surface area contributed by atoms with Crippen molar-refractivity contribution in [3.05, 3.63) is 29.3 Å². The minimum Gasteiger partial charge on any atom is -0.492 e. The number of fused-ring (bicyclic) bond motifs is 1. The normalized spacial score (nSPS) is 16.1. The minimum atomic E-state index is 0.197. The molecule has 3 heteroatoms. The summed E-state index contributed by atoms with van der Waals surface area (Å²) in [6.07, 6.45) is 0.511. The number of ketones is 1. The molecule has 0 aliphatic carbocycles. The van der Waals surface area contributed by atoms with Crippen LogP contribution in [0.15, 0.2) is 18.2 Å². The van der Waals surface area contributed by atoms with Crippen LogP contribution in [0.25, 0.3) is 0 Å². The predicted octanol–water partition coefficient (Wildman–Crippen LogP) is 1.64. The summed E-state index contributed by atoms with van der Waals surface area (Å²) in [5.41, 5.74) is 2.25. The lowest BCUT2D eigenvalue weighted by atomic mass is 10.1. The van der Waals surface area contributed by atoms with Crippen LogP contribution in [0, 0.1) is 0 Å². The summed E-state index contributed by atoms with van der Waals surface area (Å²) in [6, 6.07) is 6.04. The number of carbonyl (C=O) groups is 1. The maximum atomic E-state index is 11.1. The molecule has 86 valence electrons. The fraction of sp³-hybridized carbons (Fsp3) is 0.462. The monoisotopic (exact) mass is 219 g/mol. The Morgan fingerprint density at radius 2 is 2.31 bits per heavy atom. The van der Waals surface area contributed by atoms with E-state index in [1.165, 1.54) is 5.56 Å². The Kier molecular flexibility index (Phi) is 3.25. The minimum absolute atomic E-state index is 0.197. The first-order chi connectivity index (χ1) is 7.65. The second-order valence-electron chi connectivity index (χ2n) is 4.41. The van der Waals surface area contributed by atoms with Crippen molar-refractivity contribution < 1.29 is 9.53 Å². The highest BCUT2D eigenvalue weighted by molar-refractivity contribution is 5.78. The molecule has 0 unspecified atom stereocenters. The summed E-state index contributed by atoms with van der Waals surface area (Å²) in [7, 11) is 2.08. The molecule has 1 aromatic carbocycles. The first-order valence-corrected chi connectivity index (χ1v) is 5.58. The van der Waals surface area contributed by atoms with Crippen LogP contribution in [0.4, 0.5) is 0 Å². The maximum Gasteiger partial charge on any atom is 0.134 e. The summed E-state index contributed by atoms with van der Waals surface area (Å²) in [6.45, 7) is 4.18. The fourth-order valence-electron chi connectivity index (χ4n) is 1.98. The topological polar surface area (TPSA) is 29.5 Å². The van der Waals surface area contributed by atoms with Crippen molar-refractivity contribution in [3.63, 3.8) is 0 Å². The molecule has 3 nitrogen and oxygen atoms in total. The Hall–Kier alpha value is -1.35. The number of Topliss-reactive ketones (excluding diaryl/α,β-unsaturated/α-hetero) is 1. The van der Waals surface area contributed by atoms with E-state index >= 15 is 0 Å². The zero-order valence-electron chi connectivity index (χ0n) is 9.82. The standard InChI is InChI=1S/C13H17NO2/c1-10(15)7-11-3-4-13-12(8-11)9-14(2)5-6-16-13/h3-4,8H,5-7,9H2,1-2H3. The number of benzene rings is 1. The number of ether oxygens (including phenoxy) is 1. The molecule has 0 saturated carbocycles. The summed E-state index contributed by atoms with van der Waals surface area (Å²) in [5.74, 6) is 1.15. The van der Waals surface area contributed by atoms with Gasteiger partial charge in [-0.1, -0.05) is 12.1 Å². The van der Waals surface area contributed by atoms with Crippen LogP contribution in [0.5, 0.6) is 5.75 Å². The van der Waals surface area contributed by atoms with Gasteiger partial charge in [0.25, 0.3) is 0 Å². The van der Waals surface area contributed by atoms with Crippen molar-refractivity contribution >= 4 is 5.78 Å². The van der Waals surface area contributed by atoms with Crippen molar-refractivity contribution in [1.29, 1.82) is 0 Å². The van der Waals surface area contributed by atoms with Crippen LogP contribution < -0.4 is 4.74 Å². The Morgan fingerprint density at radius 3 is 3.06 bits per heavy atom. The van der Waals surface area contributed by atoms with Gasteiger partial charge in [0.05, 0.1) is 0 Å². The molecule has 0 aromatic heterocycles. The van der Waals surface area contributed by atoms with Crippen molar-refractivity contribution in [2.45, 2.75) is 19.9 Å². The van der Waals surface area contributed by atoms with Gasteiger partial charge in [-0.15, -0.1) is 0 Å². The highest BCUT2D eigenvalue weighted by Gasteiger charge is 2.12. The van der Waals surface area contributed by atoms with Crippen molar-refractivity contribution in [1.82, 2.24) is 4.90 Å². The third kappa shape index (κ3) is 2.61. The number of carbonyl (C=O) groups excluding carboxylic acids is 1. The Balaban J connectivity index is 2.25. The molecular formula is C13H17NO2. The number of likely N-dealkylation sites (N-methyl/N-ethyl adjacent to an activating group) is 1. The maximum absolute atomic E-state index is 11.1. The smallest absolute Gasteiger partial charge is 0.134 e. The molecule has 1 aliphatic rings. The van der Waals surface area contributed by atoms with E-state index < -0.39 is 0 Å². The van der Waals surface area contributed by atoms with E-state index in [1.54, 1.807) is 6.92 Å². The van der Waals surface area contributed by atoms with Crippen molar-refractivity contribution in [2.24, 2.45) is 0 Å². The largest absolute Gasteiger partial charge is 0.492 e. The highest BCUT2D eigenvalue weighted by Crippen LogP contribution is 2.24. The summed E-state index contributed by atoms with van der Waals surface area (Å²) < 4.78 is 5.65. The van der Waals surface area contributed by atoms with Gasteiger partial charge in [0.1, 0.15) is 18.1 Å². The predicted molar refractivity (Wildman–Crippen MR) is 62.7 cm³/mol. The first-order valence-electron chi connectivity index (χ1n) is 5.58. The van der Waals surface area contributed by atoms with E-state index in [1.807, 2.05) is 12.1 Å². The molecule has 0 spiro atoms. The molecule has 0 fully saturated rings. The number of hydrogen-bond acceptors (Lipinski definition) is 3. The Bertz CT molecular complexity index is 401. The molecule has 0 radical (unpaired) electrons. The third-order valence-corrected chi connectivity index (χ3v) is 2.75. The van der Waals surface area contributed by atoms with E-state index in [2.05, 4.69) is 18.0 Å². The molecule has 1 heterocycles. The van der Waals surface area contributed by atoms with Gasteiger partial charge in [-0.2, -0.15) is 0 Å². The quantitative estimate of drug-likeness (QED) is 0.757. The highest BCUT2D eigenvalue weighted by atomic mass is 16.5. The lowest BCUT2D eigenvalue weighted by molar-refractivity contribution is -0.116. The Labute approximate surface area is 96.0 Å². The van der Waals surface area contributed by atoms with E-state index in [0.29, 0.717) is 6.42 Å². The average Bonchev–Trinajstić information content (AvgIpc) is 2.37.